The first-order valence-electron chi connectivity index (χ1n) is 6.46. The Bertz CT molecular complexity index is 371. The molecule has 1 N–H and O–H groups in total. The van der Waals surface area contributed by atoms with Gasteiger partial charge in [0.1, 0.15) is 0 Å². The van der Waals surface area contributed by atoms with Gasteiger partial charge >= 0.3 is 0 Å². The minimum atomic E-state index is 0.705. The van der Waals surface area contributed by atoms with Crippen LogP contribution in [0.25, 0.3) is 0 Å². The van der Waals surface area contributed by atoms with Crippen molar-refractivity contribution in [3.05, 3.63) is 21.6 Å². The van der Waals surface area contributed by atoms with Crippen molar-refractivity contribution < 1.29 is 4.74 Å². The van der Waals surface area contributed by atoms with Crippen molar-refractivity contribution in [3.8, 4) is 5.75 Å². The monoisotopic (exact) mass is 333 g/mol. The van der Waals surface area contributed by atoms with E-state index in [-0.39, 0.29) is 0 Å². The highest BCUT2D eigenvalue weighted by Gasteiger charge is 2.08. The van der Waals surface area contributed by atoms with Gasteiger partial charge in [-0.05, 0) is 34.5 Å². The van der Waals surface area contributed by atoms with E-state index in [1.54, 1.807) is 7.11 Å². The van der Waals surface area contributed by atoms with Gasteiger partial charge in [0.2, 0.25) is 0 Å². The zero-order valence-electron chi connectivity index (χ0n) is 11.1. The summed E-state index contributed by atoms with van der Waals surface area (Å²) in [6, 6.07) is 3.74. The summed E-state index contributed by atoms with van der Waals surface area (Å²) in [7, 11) is 1.67. The van der Waals surface area contributed by atoms with Crippen molar-refractivity contribution in [1.82, 2.24) is 0 Å². The maximum absolute atomic E-state index is 6.03. The molecule has 18 heavy (non-hydrogen) atoms. The largest absolute Gasteiger partial charge is 0.493 e. The second kappa shape index (κ2) is 8.65. The average molecular weight is 335 g/mol. The fourth-order valence-electron chi connectivity index (χ4n) is 1.85. The lowest BCUT2D eigenvalue weighted by molar-refractivity contribution is 0.414. The van der Waals surface area contributed by atoms with E-state index < -0.39 is 0 Å². The predicted octanol–water partition coefficient (Wildman–Crippen LogP) is 5.49. The first kappa shape index (κ1) is 15.6. The molecule has 0 radical (unpaired) electrons. The molecule has 0 aliphatic heterocycles. The molecule has 0 fully saturated rings. The standard InChI is InChI=1S/C14H21BrClNO/c1-3-4-5-6-7-8-17-13-10-11(16)9-12(15)14(13)18-2/h9-10,17H,3-8H2,1-2H3. The summed E-state index contributed by atoms with van der Waals surface area (Å²) in [5, 5.41) is 4.09. The number of methoxy groups -OCH3 is 1. The summed E-state index contributed by atoms with van der Waals surface area (Å²) in [5.74, 6) is 0.813. The van der Waals surface area contributed by atoms with Gasteiger partial charge < -0.3 is 10.1 Å². The maximum Gasteiger partial charge on any atom is 0.156 e. The molecule has 0 heterocycles. The number of anilines is 1. The molecule has 0 aliphatic rings. The molecule has 0 spiro atoms. The molecule has 0 unspecified atom stereocenters. The predicted molar refractivity (Wildman–Crippen MR) is 83.0 cm³/mol. The van der Waals surface area contributed by atoms with Gasteiger partial charge in [-0.1, -0.05) is 44.2 Å². The van der Waals surface area contributed by atoms with Gasteiger partial charge in [0.15, 0.2) is 5.75 Å². The van der Waals surface area contributed by atoms with Gasteiger partial charge in [-0.25, -0.2) is 0 Å². The smallest absolute Gasteiger partial charge is 0.156 e. The highest BCUT2D eigenvalue weighted by atomic mass is 79.9. The second-order valence-electron chi connectivity index (χ2n) is 4.31. The number of benzene rings is 1. The van der Waals surface area contributed by atoms with Crippen LogP contribution in [0.1, 0.15) is 39.0 Å². The van der Waals surface area contributed by atoms with Crippen LogP contribution in [0, 0.1) is 0 Å². The van der Waals surface area contributed by atoms with Gasteiger partial charge in [0, 0.05) is 11.6 Å². The summed E-state index contributed by atoms with van der Waals surface area (Å²) in [6.07, 6.45) is 6.36. The Balaban J connectivity index is 2.46. The minimum absolute atomic E-state index is 0.705. The Morgan fingerprint density at radius 3 is 2.61 bits per heavy atom. The highest BCUT2D eigenvalue weighted by molar-refractivity contribution is 9.10. The molecule has 0 aromatic heterocycles. The van der Waals surface area contributed by atoms with Crippen LogP contribution in [0.2, 0.25) is 5.02 Å². The topological polar surface area (TPSA) is 21.3 Å². The molecule has 0 amide bonds. The van der Waals surface area contributed by atoms with Gasteiger partial charge in [-0.2, -0.15) is 0 Å². The van der Waals surface area contributed by atoms with Crippen LogP contribution < -0.4 is 10.1 Å². The summed E-state index contributed by atoms with van der Waals surface area (Å²) in [6.45, 7) is 3.18. The van der Waals surface area contributed by atoms with Crippen molar-refractivity contribution in [2.24, 2.45) is 0 Å². The third-order valence-electron chi connectivity index (χ3n) is 2.81. The molecule has 1 aromatic carbocycles. The first-order chi connectivity index (χ1) is 8.69. The molecule has 0 aliphatic carbocycles. The van der Waals surface area contributed by atoms with Crippen molar-refractivity contribution in [1.29, 1.82) is 0 Å². The lowest BCUT2D eigenvalue weighted by Gasteiger charge is -2.13. The van der Waals surface area contributed by atoms with E-state index in [1.165, 1.54) is 32.1 Å². The number of unbranched alkanes of at least 4 members (excludes halogenated alkanes) is 4. The minimum Gasteiger partial charge on any atom is -0.493 e. The number of rotatable bonds is 8. The van der Waals surface area contributed by atoms with E-state index >= 15 is 0 Å². The molecule has 1 aromatic rings. The number of hydrogen-bond acceptors (Lipinski definition) is 2. The first-order valence-corrected chi connectivity index (χ1v) is 7.63. The molecular formula is C14H21BrClNO. The number of ether oxygens (including phenoxy) is 1. The lowest BCUT2D eigenvalue weighted by atomic mass is 10.1. The molecule has 2 nitrogen and oxygen atoms in total. The van der Waals surface area contributed by atoms with Gasteiger partial charge in [0.05, 0.1) is 17.3 Å². The molecule has 0 saturated carbocycles. The van der Waals surface area contributed by atoms with Gasteiger partial charge in [0.25, 0.3) is 0 Å². The Morgan fingerprint density at radius 1 is 1.22 bits per heavy atom. The molecule has 0 saturated heterocycles. The van der Waals surface area contributed by atoms with E-state index in [0.29, 0.717) is 5.02 Å². The van der Waals surface area contributed by atoms with Crippen LogP contribution in [0.5, 0.6) is 5.75 Å². The van der Waals surface area contributed by atoms with Gasteiger partial charge in [-0.3, -0.25) is 0 Å². The van der Waals surface area contributed by atoms with Crippen LogP contribution >= 0.6 is 27.5 Å². The van der Waals surface area contributed by atoms with Crippen molar-refractivity contribution in [2.45, 2.75) is 39.0 Å². The van der Waals surface area contributed by atoms with E-state index in [9.17, 15) is 0 Å². The molecule has 102 valence electrons. The Kier molecular flexibility index (Phi) is 7.52. The Labute approximate surface area is 123 Å². The van der Waals surface area contributed by atoms with Crippen LogP contribution in [-0.4, -0.2) is 13.7 Å². The second-order valence-corrected chi connectivity index (χ2v) is 5.60. The summed E-state index contributed by atoms with van der Waals surface area (Å²) in [5.41, 5.74) is 0.951. The van der Waals surface area contributed by atoms with Crippen molar-refractivity contribution >= 4 is 33.2 Å². The van der Waals surface area contributed by atoms with Crippen LogP contribution in [0.3, 0.4) is 0 Å². The van der Waals surface area contributed by atoms with E-state index in [2.05, 4.69) is 28.2 Å². The van der Waals surface area contributed by atoms with E-state index in [1.807, 2.05) is 12.1 Å². The number of hydrogen-bond donors (Lipinski definition) is 1. The lowest BCUT2D eigenvalue weighted by Crippen LogP contribution is -2.03. The van der Waals surface area contributed by atoms with Crippen LogP contribution in [0.4, 0.5) is 5.69 Å². The molecule has 4 heteroatoms. The van der Waals surface area contributed by atoms with Crippen molar-refractivity contribution in [2.75, 3.05) is 19.0 Å². The zero-order valence-corrected chi connectivity index (χ0v) is 13.4. The van der Waals surface area contributed by atoms with E-state index in [0.717, 1.165) is 22.5 Å². The number of nitrogens with one attached hydrogen (secondary N) is 1. The Hall–Kier alpha value is -0.410. The van der Waals surface area contributed by atoms with Crippen LogP contribution in [-0.2, 0) is 0 Å². The fourth-order valence-corrected chi connectivity index (χ4v) is 2.82. The summed E-state index contributed by atoms with van der Waals surface area (Å²) in [4.78, 5) is 0. The van der Waals surface area contributed by atoms with Crippen molar-refractivity contribution in [3.63, 3.8) is 0 Å². The maximum atomic E-state index is 6.03. The highest BCUT2D eigenvalue weighted by Crippen LogP contribution is 2.36. The number of halogens is 2. The van der Waals surface area contributed by atoms with Gasteiger partial charge in [-0.15, -0.1) is 0 Å². The zero-order chi connectivity index (χ0) is 13.4. The molecule has 0 bridgehead atoms. The Morgan fingerprint density at radius 2 is 1.94 bits per heavy atom. The molecule has 0 atom stereocenters. The third kappa shape index (κ3) is 5.07. The van der Waals surface area contributed by atoms with E-state index in [4.69, 9.17) is 16.3 Å². The average Bonchev–Trinajstić information content (AvgIpc) is 2.33. The SMILES string of the molecule is CCCCCCCNc1cc(Cl)cc(Br)c1OC. The summed E-state index contributed by atoms with van der Waals surface area (Å²) >= 11 is 9.49. The fraction of sp³-hybridized carbons (Fsp3) is 0.571. The molecule has 1 rings (SSSR count). The van der Waals surface area contributed by atoms with Crippen LogP contribution in [0.15, 0.2) is 16.6 Å². The molecular weight excluding hydrogens is 314 g/mol. The quantitative estimate of drug-likeness (QED) is 0.634. The third-order valence-corrected chi connectivity index (χ3v) is 3.62. The normalized spacial score (nSPS) is 10.4. The summed E-state index contributed by atoms with van der Waals surface area (Å²) < 4.78 is 6.24.